The van der Waals surface area contributed by atoms with Crippen molar-refractivity contribution in [3.05, 3.63) is 24.0 Å². The van der Waals surface area contributed by atoms with Gasteiger partial charge in [0.05, 0.1) is 6.10 Å². The summed E-state index contributed by atoms with van der Waals surface area (Å²) in [4.78, 5) is 23.9. The van der Waals surface area contributed by atoms with Crippen LogP contribution in [0.1, 0.15) is 17.4 Å². The maximum Gasteiger partial charge on any atom is 0.323 e. The van der Waals surface area contributed by atoms with E-state index in [1.165, 1.54) is 15.7 Å². The second-order valence-electron chi connectivity index (χ2n) is 3.95. The van der Waals surface area contributed by atoms with Crippen LogP contribution >= 0.6 is 0 Å². The van der Waals surface area contributed by atoms with Gasteiger partial charge < -0.3 is 19.7 Å². The Morgan fingerprint density at radius 1 is 1.53 bits per heavy atom. The lowest BCUT2D eigenvalue weighted by Crippen LogP contribution is -2.34. The minimum absolute atomic E-state index is 0.205. The Hall–Kier alpha value is -1.82. The SMILES string of the molecule is CC(O)CN(C)C(=O)c1cccn1CC(=O)O. The quantitative estimate of drug-likeness (QED) is 0.760. The first-order valence-corrected chi connectivity index (χ1v) is 5.22. The molecule has 1 aromatic rings. The lowest BCUT2D eigenvalue weighted by atomic mass is 10.3. The summed E-state index contributed by atoms with van der Waals surface area (Å²) in [5.74, 6) is -1.31. The number of carbonyl (C=O) groups is 2. The van der Waals surface area contributed by atoms with Gasteiger partial charge in [-0.3, -0.25) is 9.59 Å². The largest absolute Gasteiger partial charge is 0.480 e. The second-order valence-corrected chi connectivity index (χ2v) is 3.95. The van der Waals surface area contributed by atoms with E-state index in [4.69, 9.17) is 5.11 Å². The van der Waals surface area contributed by atoms with Crippen LogP contribution in [0.25, 0.3) is 0 Å². The third-order valence-electron chi connectivity index (χ3n) is 2.24. The Labute approximate surface area is 99.1 Å². The van der Waals surface area contributed by atoms with Crippen LogP contribution in [0.3, 0.4) is 0 Å². The first-order valence-electron chi connectivity index (χ1n) is 5.22. The standard InChI is InChI=1S/C11H16N2O4/c1-8(14)6-12(2)11(17)9-4-3-5-13(9)7-10(15)16/h3-5,8,14H,6-7H2,1-2H3,(H,15,16). The van der Waals surface area contributed by atoms with Gasteiger partial charge >= 0.3 is 5.97 Å². The summed E-state index contributed by atoms with van der Waals surface area (Å²) in [6, 6.07) is 3.18. The molecule has 94 valence electrons. The zero-order valence-electron chi connectivity index (χ0n) is 9.83. The molecular weight excluding hydrogens is 224 g/mol. The predicted octanol–water partition coefficient (Wildman–Crippen LogP) is 0.0255. The number of likely N-dealkylation sites (N-methyl/N-ethyl adjacent to an activating group) is 1. The number of aliphatic hydroxyl groups excluding tert-OH is 1. The molecule has 0 aliphatic rings. The molecule has 0 bridgehead atoms. The highest BCUT2D eigenvalue weighted by Crippen LogP contribution is 2.06. The number of carbonyl (C=O) groups excluding carboxylic acids is 1. The zero-order valence-corrected chi connectivity index (χ0v) is 9.83. The average Bonchev–Trinajstić information content (AvgIpc) is 2.62. The first kappa shape index (κ1) is 13.2. The monoisotopic (exact) mass is 240 g/mol. The summed E-state index contributed by atoms with van der Waals surface area (Å²) in [5.41, 5.74) is 0.301. The molecule has 6 nitrogen and oxygen atoms in total. The number of aliphatic carboxylic acids is 1. The zero-order chi connectivity index (χ0) is 13.0. The Balaban J connectivity index is 2.81. The summed E-state index contributed by atoms with van der Waals surface area (Å²) >= 11 is 0. The van der Waals surface area contributed by atoms with Gasteiger partial charge in [0.15, 0.2) is 0 Å². The molecule has 0 aliphatic heterocycles. The topological polar surface area (TPSA) is 82.8 Å². The number of carboxylic acid groups (broad SMARTS) is 1. The van der Waals surface area contributed by atoms with E-state index in [1.54, 1.807) is 26.1 Å². The van der Waals surface area contributed by atoms with Crippen molar-refractivity contribution >= 4 is 11.9 Å². The third kappa shape index (κ3) is 3.60. The molecule has 1 heterocycles. The minimum Gasteiger partial charge on any atom is -0.480 e. The highest BCUT2D eigenvalue weighted by molar-refractivity contribution is 5.93. The van der Waals surface area contributed by atoms with Crippen molar-refractivity contribution in [2.45, 2.75) is 19.6 Å². The number of aromatic nitrogens is 1. The molecule has 1 unspecified atom stereocenters. The number of carboxylic acids is 1. The summed E-state index contributed by atoms with van der Waals surface area (Å²) in [5, 5.41) is 17.9. The van der Waals surface area contributed by atoms with Gasteiger partial charge in [0, 0.05) is 19.8 Å². The Kier molecular flexibility index (Phi) is 4.28. The molecule has 0 saturated heterocycles. The lowest BCUT2D eigenvalue weighted by molar-refractivity contribution is -0.137. The van der Waals surface area contributed by atoms with Crippen molar-refractivity contribution in [3.8, 4) is 0 Å². The highest BCUT2D eigenvalue weighted by atomic mass is 16.4. The van der Waals surface area contributed by atoms with Crippen molar-refractivity contribution in [2.75, 3.05) is 13.6 Å². The molecule has 0 aliphatic carbocycles. The fraction of sp³-hybridized carbons (Fsp3) is 0.455. The molecule has 1 aromatic heterocycles. The lowest BCUT2D eigenvalue weighted by Gasteiger charge is -2.19. The van der Waals surface area contributed by atoms with E-state index in [9.17, 15) is 14.7 Å². The smallest absolute Gasteiger partial charge is 0.323 e. The second kappa shape index (κ2) is 5.49. The van der Waals surface area contributed by atoms with E-state index in [2.05, 4.69) is 0 Å². The van der Waals surface area contributed by atoms with Crippen molar-refractivity contribution in [1.29, 1.82) is 0 Å². The summed E-state index contributed by atoms with van der Waals surface area (Å²) < 4.78 is 1.36. The van der Waals surface area contributed by atoms with E-state index in [-0.39, 0.29) is 19.0 Å². The number of hydrogen-bond acceptors (Lipinski definition) is 3. The van der Waals surface area contributed by atoms with Gasteiger partial charge in [0.1, 0.15) is 12.2 Å². The Morgan fingerprint density at radius 2 is 2.18 bits per heavy atom. The van der Waals surface area contributed by atoms with Gasteiger partial charge in [-0.25, -0.2) is 0 Å². The number of hydrogen-bond donors (Lipinski definition) is 2. The van der Waals surface area contributed by atoms with Crippen LogP contribution < -0.4 is 0 Å². The average molecular weight is 240 g/mol. The van der Waals surface area contributed by atoms with Crippen LogP contribution in [-0.2, 0) is 11.3 Å². The van der Waals surface area contributed by atoms with Gasteiger partial charge in [-0.2, -0.15) is 0 Å². The molecule has 2 N–H and O–H groups in total. The van der Waals surface area contributed by atoms with Gasteiger partial charge in [-0.15, -0.1) is 0 Å². The molecule has 0 radical (unpaired) electrons. The van der Waals surface area contributed by atoms with Gasteiger partial charge in [0.2, 0.25) is 0 Å². The van der Waals surface area contributed by atoms with Crippen LogP contribution in [0.4, 0.5) is 0 Å². The number of amides is 1. The minimum atomic E-state index is -1.01. The molecular formula is C11H16N2O4. The molecule has 0 saturated carbocycles. The molecule has 6 heteroatoms. The summed E-state index contributed by atoms with van der Waals surface area (Å²) in [7, 11) is 1.56. The van der Waals surface area contributed by atoms with Crippen LogP contribution in [0, 0.1) is 0 Å². The highest BCUT2D eigenvalue weighted by Gasteiger charge is 2.17. The number of nitrogens with zero attached hydrogens (tertiary/aromatic N) is 2. The Bertz CT molecular complexity index is 411. The molecule has 1 atom stereocenters. The molecule has 0 aromatic carbocycles. The Morgan fingerprint density at radius 3 is 2.71 bits per heavy atom. The van der Waals surface area contributed by atoms with Crippen LogP contribution in [-0.4, -0.2) is 51.3 Å². The third-order valence-corrected chi connectivity index (χ3v) is 2.24. The van der Waals surface area contributed by atoms with Crippen LogP contribution in [0.15, 0.2) is 18.3 Å². The molecule has 1 rings (SSSR count). The van der Waals surface area contributed by atoms with Gasteiger partial charge in [0.25, 0.3) is 5.91 Å². The van der Waals surface area contributed by atoms with Crippen LogP contribution in [0.5, 0.6) is 0 Å². The fourth-order valence-corrected chi connectivity index (χ4v) is 1.57. The number of rotatable bonds is 5. The van der Waals surface area contributed by atoms with Crippen molar-refractivity contribution < 1.29 is 19.8 Å². The predicted molar refractivity (Wildman–Crippen MR) is 60.7 cm³/mol. The van der Waals surface area contributed by atoms with Gasteiger partial charge in [-0.1, -0.05) is 0 Å². The van der Waals surface area contributed by atoms with E-state index >= 15 is 0 Å². The van der Waals surface area contributed by atoms with Gasteiger partial charge in [-0.05, 0) is 19.1 Å². The fourth-order valence-electron chi connectivity index (χ4n) is 1.57. The molecule has 1 amide bonds. The summed E-state index contributed by atoms with van der Waals surface area (Å²) in [6.45, 7) is 1.54. The molecule has 0 fully saturated rings. The summed E-state index contributed by atoms with van der Waals surface area (Å²) in [6.07, 6.45) is 0.921. The normalized spacial score (nSPS) is 12.2. The van der Waals surface area contributed by atoms with Crippen molar-refractivity contribution in [3.63, 3.8) is 0 Å². The number of aliphatic hydroxyl groups is 1. The molecule has 0 spiro atoms. The van der Waals surface area contributed by atoms with E-state index in [0.29, 0.717) is 5.69 Å². The van der Waals surface area contributed by atoms with Crippen molar-refractivity contribution in [2.24, 2.45) is 0 Å². The van der Waals surface area contributed by atoms with E-state index in [1.807, 2.05) is 0 Å². The van der Waals surface area contributed by atoms with Crippen LogP contribution in [0.2, 0.25) is 0 Å². The van der Waals surface area contributed by atoms with E-state index < -0.39 is 12.1 Å². The first-order chi connectivity index (χ1) is 7.91. The van der Waals surface area contributed by atoms with E-state index in [0.717, 1.165) is 0 Å². The maximum absolute atomic E-state index is 11.9. The molecule has 17 heavy (non-hydrogen) atoms. The van der Waals surface area contributed by atoms with Crippen molar-refractivity contribution in [1.82, 2.24) is 9.47 Å². The maximum atomic E-state index is 11.9.